The van der Waals surface area contributed by atoms with E-state index in [1.165, 1.54) is 9.87 Å². The fourth-order valence-electron chi connectivity index (χ4n) is 6.93. The summed E-state index contributed by atoms with van der Waals surface area (Å²) in [6.07, 6.45) is 5.61. The summed E-state index contributed by atoms with van der Waals surface area (Å²) in [5.74, 6) is 0.474. The summed E-state index contributed by atoms with van der Waals surface area (Å²) in [4.78, 5) is 15.9. The van der Waals surface area contributed by atoms with Crippen LogP contribution in [0.4, 0.5) is 0 Å². The smallest absolute Gasteiger partial charge is 0.265 e. The number of rotatable bonds is 4. The minimum atomic E-state index is -3.58. The third-order valence-electron chi connectivity index (χ3n) is 8.80. The Labute approximate surface area is 180 Å². The molecule has 5 nitrogen and oxygen atoms in total. The fraction of sp³-hybridized carbons (Fsp3) is 0.625. The number of benzene rings is 1. The molecule has 1 aromatic carbocycles. The van der Waals surface area contributed by atoms with Crippen molar-refractivity contribution in [3.8, 4) is 0 Å². The Bertz CT molecular complexity index is 1000. The van der Waals surface area contributed by atoms with Crippen molar-refractivity contribution in [2.75, 3.05) is 12.3 Å². The van der Waals surface area contributed by atoms with Gasteiger partial charge in [0.25, 0.3) is 5.91 Å². The molecule has 1 spiro atoms. The normalized spacial score (nSPS) is 35.6. The Morgan fingerprint density at radius 1 is 1.20 bits per heavy atom. The van der Waals surface area contributed by atoms with Crippen LogP contribution in [-0.2, 0) is 21.4 Å². The Kier molecular flexibility index (Phi) is 4.41. The minimum Gasteiger partial charge on any atom is -0.372 e. The van der Waals surface area contributed by atoms with Crippen molar-refractivity contribution in [2.24, 2.45) is 22.7 Å². The van der Waals surface area contributed by atoms with Crippen molar-refractivity contribution in [1.82, 2.24) is 9.21 Å². The highest BCUT2D eigenvalue weighted by atomic mass is 32.2. The summed E-state index contributed by atoms with van der Waals surface area (Å²) in [6, 6.07) is 10.0. The van der Waals surface area contributed by atoms with Crippen molar-refractivity contribution < 1.29 is 13.2 Å². The largest absolute Gasteiger partial charge is 0.372 e. The highest BCUT2D eigenvalue weighted by Gasteiger charge is 2.72. The van der Waals surface area contributed by atoms with E-state index in [1.54, 1.807) is 0 Å². The molecule has 0 N–H and O–H groups in total. The van der Waals surface area contributed by atoms with Gasteiger partial charge in [-0.3, -0.25) is 4.79 Å². The maximum Gasteiger partial charge on any atom is 0.265 e. The molecule has 1 aromatic rings. The Morgan fingerprint density at radius 2 is 1.93 bits per heavy atom. The Balaban J connectivity index is 1.45. The predicted octanol–water partition coefficient (Wildman–Crippen LogP) is 3.78. The number of hydrogen-bond acceptors (Lipinski definition) is 4. The molecule has 4 atom stereocenters. The van der Waals surface area contributed by atoms with E-state index in [1.807, 2.05) is 24.4 Å². The second-order valence-corrected chi connectivity index (χ2v) is 12.2. The minimum absolute atomic E-state index is 0.0205. The second kappa shape index (κ2) is 6.59. The molecule has 1 unspecified atom stereocenters. The lowest BCUT2D eigenvalue weighted by molar-refractivity contribution is -0.125. The molecule has 2 saturated carbocycles. The van der Waals surface area contributed by atoms with E-state index in [2.05, 4.69) is 37.8 Å². The molecular formula is C24H32N2O3S. The lowest BCUT2D eigenvalue weighted by Gasteiger charge is -2.37. The molecular weight excluding hydrogens is 396 g/mol. The van der Waals surface area contributed by atoms with E-state index in [4.69, 9.17) is 0 Å². The zero-order valence-corrected chi connectivity index (χ0v) is 19.0. The number of hydrogen-bond donors (Lipinski definition) is 0. The molecule has 0 aromatic heterocycles. The van der Waals surface area contributed by atoms with Crippen LogP contribution in [0.25, 0.3) is 0 Å². The van der Waals surface area contributed by atoms with Gasteiger partial charge in [-0.2, -0.15) is 0 Å². The quantitative estimate of drug-likeness (QED) is 0.732. The lowest BCUT2D eigenvalue weighted by Crippen LogP contribution is -2.45. The molecule has 3 fully saturated rings. The standard InChI is InChI=1S/C24H32N2O3S/c1-4-18-14-25(13-17-8-6-5-7-9-17)15-20(18)22(27)26-21-12-19-10-11-24(21,23(19,2)3)16-30(26,28)29/h5-9,15,18-19,21H,4,10-14,16H2,1-3H3/t18-,19?,21-,24-/m1/s1. The highest BCUT2D eigenvalue weighted by molar-refractivity contribution is 7.90. The van der Waals surface area contributed by atoms with Gasteiger partial charge in [0.2, 0.25) is 10.0 Å². The Morgan fingerprint density at radius 3 is 2.60 bits per heavy atom. The predicted molar refractivity (Wildman–Crippen MR) is 117 cm³/mol. The number of carbonyl (C=O) groups excluding carboxylic acids is 1. The van der Waals surface area contributed by atoms with Crippen LogP contribution in [0.2, 0.25) is 0 Å². The molecule has 6 heteroatoms. The average molecular weight is 429 g/mol. The first-order valence-electron chi connectivity index (χ1n) is 11.3. The monoisotopic (exact) mass is 428 g/mol. The number of carbonyl (C=O) groups is 1. The van der Waals surface area contributed by atoms with Crippen LogP contribution < -0.4 is 0 Å². The average Bonchev–Trinajstić information content (AvgIpc) is 3.34. The summed E-state index contributed by atoms with van der Waals surface area (Å²) in [7, 11) is -3.58. The van der Waals surface area contributed by atoms with E-state index in [0.29, 0.717) is 11.5 Å². The maximum absolute atomic E-state index is 13.7. The van der Waals surface area contributed by atoms with Crippen LogP contribution in [0.1, 0.15) is 52.0 Å². The van der Waals surface area contributed by atoms with Gasteiger partial charge < -0.3 is 4.90 Å². The van der Waals surface area contributed by atoms with Crippen molar-refractivity contribution in [3.63, 3.8) is 0 Å². The Hall–Kier alpha value is -1.82. The molecule has 0 radical (unpaired) electrons. The SMILES string of the molecule is CC[C@@H]1CN(Cc2ccccc2)C=C1C(=O)N1[C@@H]2CC3CC[C@]2(CS1(=O)=O)C3(C)C. The molecule has 4 aliphatic rings. The summed E-state index contributed by atoms with van der Waals surface area (Å²) in [5.41, 5.74) is 1.58. The topological polar surface area (TPSA) is 57.7 Å². The van der Waals surface area contributed by atoms with E-state index in [9.17, 15) is 13.2 Å². The number of sulfonamides is 1. The van der Waals surface area contributed by atoms with Crippen LogP contribution in [0.15, 0.2) is 42.1 Å². The summed E-state index contributed by atoms with van der Waals surface area (Å²) in [5, 5.41) is 0. The van der Waals surface area contributed by atoms with E-state index in [0.717, 1.165) is 38.8 Å². The van der Waals surface area contributed by atoms with E-state index in [-0.39, 0.29) is 34.4 Å². The number of amides is 1. The van der Waals surface area contributed by atoms with Gasteiger partial charge in [-0.25, -0.2) is 12.7 Å². The summed E-state index contributed by atoms with van der Waals surface area (Å²) in [6.45, 7) is 8.03. The molecule has 2 aliphatic carbocycles. The molecule has 162 valence electrons. The van der Waals surface area contributed by atoms with Crippen LogP contribution in [0.3, 0.4) is 0 Å². The van der Waals surface area contributed by atoms with Gasteiger partial charge in [-0.05, 0) is 42.6 Å². The maximum atomic E-state index is 13.7. The molecule has 2 heterocycles. The van der Waals surface area contributed by atoms with Gasteiger partial charge in [0, 0.05) is 36.2 Å². The van der Waals surface area contributed by atoms with Crippen LogP contribution >= 0.6 is 0 Å². The number of fused-ring (bicyclic) bond motifs is 1. The first kappa shape index (κ1) is 20.1. The third kappa shape index (κ3) is 2.65. The van der Waals surface area contributed by atoms with Crippen molar-refractivity contribution in [2.45, 2.75) is 59.0 Å². The van der Waals surface area contributed by atoms with Gasteiger partial charge >= 0.3 is 0 Å². The van der Waals surface area contributed by atoms with Crippen molar-refractivity contribution >= 4 is 15.9 Å². The summed E-state index contributed by atoms with van der Waals surface area (Å²) >= 11 is 0. The molecule has 1 saturated heterocycles. The first-order chi connectivity index (χ1) is 14.2. The molecule has 30 heavy (non-hydrogen) atoms. The second-order valence-electron chi connectivity index (χ2n) is 10.3. The lowest BCUT2D eigenvalue weighted by atomic mass is 9.69. The molecule has 5 rings (SSSR count). The highest BCUT2D eigenvalue weighted by Crippen LogP contribution is 2.70. The van der Waals surface area contributed by atoms with Crippen LogP contribution in [0.5, 0.6) is 0 Å². The molecule has 2 aliphatic heterocycles. The molecule has 2 bridgehead atoms. The van der Waals surface area contributed by atoms with E-state index < -0.39 is 10.0 Å². The van der Waals surface area contributed by atoms with Gasteiger partial charge in [0.1, 0.15) is 0 Å². The van der Waals surface area contributed by atoms with Gasteiger partial charge in [-0.1, -0.05) is 51.1 Å². The van der Waals surface area contributed by atoms with Crippen LogP contribution in [-0.4, -0.2) is 41.9 Å². The van der Waals surface area contributed by atoms with E-state index >= 15 is 0 Å². The molecule has 1 amide bonds. The first-order valence-corrected chi connectivity index (χ1v) is 12.9. The van der Waals surface area contributed by atoms with Crippen molar-refractivity contribution in [1.29, 1.82) is 0 Å². The van der Waals surface area contributed by atoms with Crippen LogP contribution in [0, 0.1) is 22.7 Å². The zero-order valence-electron chi connectivity index (χ0n) is 18.2. The summed E-state index contributed by atoms with van der Waals surface area (Å²) < 4.78 is 27.9. The third-order valence-corrected chi connectivity index (χ3v) is 10.7. The fourth-order valence-corrected chi connectivity index (χ4v) is 9.46. The zero-order chi connectivity index (χ0) is 21.3. The van der Waals surface area contributed by atoms with Crippen molar-refractivity contribution in [3.05, 3.63) is 47.7 Å². The van der Waals surface area contributed by atoms with Gasteiger partial charge in [-0.15, -0.1) is 0 Å². The van der Waals surface area contributed by atoms with Gasteiger partial charge in [0.15, 0.2) is 0 Å². The van der Waals surface area contributed by atoms with Gasteiger partial charge in [0.05, 0.1) is 11.8 Å². The number of nitrogens with zero attached hydrogens (tertiary/aromatic N) is 2.